The third kappa shape index (κ3) is 2.54. The van der Waals surface area contributed by atoms with Gasteiger partial charge in [0.25, 0.3) is 0 Å². The average molecular weight is 321 g/mol. The molecule has 2 atom stereocenters. The van der Waals surface area contributed by atoms with Gasteiger partial charge in [0.15, 0.2) is 0 Å². The van der Waals surface area contributed by atoms with E-state index in [4.69, 9.17) is 21.3 Å². The Hall–Kier alpha value is -1.52. The highest BCUT2D eigenvalue weighted by molar-refractivity contribution is 7.10. The molecule has 0 spiro atoms. The minimum Gasteiger partial charge on any atom is -0.497 e. The summed E-state index contributed by atoms with van der Waals surface area (Å²) < 4.78 is 7.50. The summed E-state index contributed by atoms with van der Waals surface area (Å²) in [5, 5.41) is 1.95. The van der Waals surface area contributed by atoms with Crippen LogP contribution < -0.4 is 4.74 Å². The molecule has 0 bridgehead atoms. The first-order chi connectivity index (χ1) is 10.1. The molecule has 0 amide bonds. The van der Waals surface area contributed by atoms with Crippen molar-refractivity contribution in [2.45, 2.75) is 25.3 Å². The zero-order valence-electron chi connectivity index (χ0n) is 12.2. The predicted octanol–water partition coefficient (Wildman–Crippen LogP) is 5.02. The van der Waals surface area contributed by atoms with Gasteiger partial charge in [-0.1, -0.05) is 6.07 Å². The number of hydrogen-bond donors (Lipinski definition) is 0. The van der Waals surface area contributed by atoms with Crippen molar-refractivity contribution in [2.75, 3.05) is 7.11 Å². The maximum absolute atomic E-state index is 6.35. The van der Waals surface area contributed by atoms with Gasteiger partial charge in [-0.05, 0) is 37.4 Å². The first-order valence-electron chi connectivity index (χ1n) is 6.85. The molecule has 110 valence electrons. The molecule has 0 saturated heterocycles. The molecule has 0 N–H and O–H groups in total. The maximum atomic E-state index is 6.35. The van der Waals surface area contributed by atoms with Crippen molar-refractivity contribution in [3.63, 3.8) is 0 Å². The summed E-state index contributed by atoms with van der Waals surface area (Å²) in [6.07, 6.45) is 0. The lowest BCUT2D eigenvalue weighted by Gasteiger charge is -2.17. The van der Waals surface area contributed by atoms with Crippen LogP contribution in [0, 0.1) is 0 Å². The Labute approximate surface area is 133 Å². The molecule has 0 saturated carbocycles. The Kier molecular flexibility index (Phi) is 3.91. The summed E-state index contributed by atoms with van der Waals surface area (Å²) in [6, 6.07) is 10.4. The molecule has 21 heavy (non-hydrogen) atoms. The molecule has 3 aromatic rings. The predicted molar refractivity (Wildman–Crippen MR) is 88.7 cm³/mol. The number of halogens is 1. The molecule has 5 heteroatoms. The maximum Gasteiger partial charge on any atom is 0.128 e. The van der Waals surface area contributed by atoms with Crippen molar-refractivity contribution in [3.8, 4) is 5.75 Å². The van der Waals surface area contributed by atoms with Crippen molar-refractivity contribution >= 4 is 34.0 Å². The number of fused-ring (bicyclic) bond motifs is 1. The number of hydrogen-bond acceptors (Lipinski definition) is 3. The number of benzene rings is 1. The Morgan fingerprint density at radius 2 is 2.10 bits per heavy atom. The van der Waals surface area contributed by atoms with Crippen LogP contribution in [0.1, 0.15) is 36.0 Å². The largest absolute Gasteiger partial charge is 0.497 e. The topological polar surface area (TPSA) is 27.1 Å². The van der Waals surface area contributed by atoms with Gasteiger partial charge in [0, 0.05) is 10.9 Å². The lowest BCUT2D eigenvalue weighted by atomic mass is 10.2. The minimum atomic E-state index is -0.147. The minimum absolute atomic E-state index is 0.147. The van der Waals surface area contributed by atoms with Crippen LogP contribution in [0.25, 0.3) is 11.0 Å². The summed E-state index contributed by atoms with van der Waals surface area (Å²) >= 11 is 8.10. The molecule has 0 aliphatic carbocycles. The molecule has 3 nitrogen and oxygen atoms in total. The normalized spacial score (nSPS) is 14.3. The van der Waals surface area contributed by atoms with Crippen LogP contribution in [0.3, 0.4) is 0 Å². The van der Waals surface area contributed by atoms with Gasteiger partial charge < -0.3 is 9.30 Å². The average Bonchev–Trinajstić information content (AvgIpc) is 3.13. The number of imidazole rings is 1. The third-order valence-electron chi connectivity index (χ3n) is 3.62. The SMILES string of the molecule is COc1ccc2c(c1)nc(C(C)Cl)n2C(C)c1cccs1. The van der Waals surface area contributed by atoms with Gasteiger partial charge in [-0.3, -0.25) is 0 Å². The summed E-state index contributed by atoms with van der Waals surface area (Å²) in [4.78, 5) is 6.00. The van der Waals surface area contributed by atoms with Crippen molar-refractivity contribution in [3.05, 3.63) is 46.4 Å². The molecule has 0 radical (unpaired) electrons. The van der Waals surface area contributed by atoms with E-state index in [1.165, 1.54) is 4.88 Å². The summed E-state index contributed by atoms with van der Waals surface area (Å²) in [5.41, 5.74) is 2.00. The van der Waals surface area contributed by atoms with Gasteiger partial charge in [0.2, 0.25) is 0 Å². The molecular weight excluding hydrogens is 304 g/mol. The highest BCUT2D eigenvalue weighted by atomic mass is 35.5. The van der Waals surface area contributed by atoms with Crippen molar-refractivity contribution in [1.29, 1.82) is 0 Å². The molecule has 2 unspecified atom stereocenters. The fourth-order valence-corrected chi connectivity index (χ4v) is 3.50. The van der Waals surface area contributed by atoms with E-state index in [1.807, 2.05) is 25.1 Å². The smallest absolute Gasteiger partial charge is 0.128 e. The summed E-state index contributed by atoms with van der Waals surface area (Å²) in [7, 11) is 1.66. The third-order valence-corrected chi connectivity index (χ3v) is 4.86. The first kappa shape index (κ1) is 14.4. The van der Waals surface area contributed by atoms with E-state index in [0.29, 0.717) is 0 Å². The number of nitrogens with zero attached hydrogens (tertiary/aromatic N) is 2. The van der Waals surface area contributed by atoms with Gasteiger partial charge >= 0.3 is 0 Å². The highest BCUT2D eigenvalue weighted by Crippen LogP contribution is 2.33. The summed E-state index contributed by atoms with van der Waals surface area (Å²) in [6.45, 7) is 4.14. The van der Waals surface area contributed by atoms with Gasteiger partial charge in [-0.25, -0.2) is 4.98 Å². The van der Waals surface area contributed by atoms with Crippen LogP contribution in [-0.2, 0) is 0 Å². The Morgan fingerprint density at radius 3 is 2.71 bits per heavy atom. The van der Waals surface area contributed by atoms with Crippen LogP contribution in [-0.4, -0.2) is 16.7 Å². The molecule has 2 heterocycles. The second-order valence-corrected chi connectivity index (χ2v) is 6.64. The molecule has 1 aromatic carbocycles. The molecule has 3 rings (SSSR count). The number of thiophene rings is 1. The zero-order chi connectivity index (χ0) is 15.0. The Bertz CT molecular complexity index is 749. The highest BCUT2D eigenvalue weighted by Gasteiger charge is 2.20. The van der Waals surface area contributed by atoms with E-state index >= 15 is 0 Å². The summed E-state index contributed by atoms with van der Waals surface area (Å²) in [5.74, 6) is 1.70. The molecule has 0 aliphatic heterocycles. The van der Waals surface area contributed by atoms with E-state index < -0.39 is 0 Å². The lowest BCUT2D eigenvalue weighted by molar-refractivity contribution is 0.415. The Morgan fingerprint density at radius 1 is 1.29 bits per heavy atom. The van der Waals surface area contributed by atoms with Crippen molar-refractivity contribution in [1.82, 2.24) is 9.55 Å². The van der Waals surface area contributed by atoms with Gasteiger partial charge in [0.1, 0.15) is 11.6 Å². The molecule has 0 aliphatic rings. The van der Waals surface area contributed by atoms with Crippen molar-refractivity contribution in [2.24, 2.45) is 0 Å². The van der Waals surface area contributed by atoms with Crippen molar-refractivity contribution < 1.29 is 4.74 Å². The number of ether oxygens (including phenoxy) is 1. The monoisotopic (exact) mass is 320 g/mol. The fourth-order valence-electron chi connectivity index (χ4n) is 2.57. The van der Waals surface area contributed by atoms with Gasteiger partial charge in [0.05, 0.1) is 29.6 Å². The van der Waals surface area contributed by atoms with Gasteiger partial charge in [-0.2, -0.15) is 0 Å². The van der Waals surface area contributed by atoms with Gasteiger partial charge in [-0.15, -0.1) is 22.9 Å². The number of methoxy groups -OCH3 is 1. The number of alkyl halides is 1. The van der Waals surface area contributed by atoms with E-state index in [2.05, 4.69) is 29.0 Å². The second-order valence-electron chi connectivity index (χ2n) is 5.00. The van der Waals surface area contributed by atoms with E-state index in [0.717, 1.165) is 22.6 Å². The molecule has 0 fully saturated rings. The standard InChI is InChI=1S/C16H17ClN2OS/c1-10(17)16-18-13-9-12(20-3)6-7-14(13)19(16)11(2)15-5-4-8-21-15/h4-11H,1-3H3. The fraction of sp³-hybridized carbons (Fsp3) is 0.312. The number of rotatable bonds is 4. The van der Waals surface area contributed by atoms with Crippen LogP contribution in [0.4, 0.5) is 0 Å². The number of aromatic nitrogens is 2. The van der Waals surface area contributed by atoms with Crippen LogP contribution in [0.5, 0.6) is 5.75 Å². The van der Waals surface area contributed by atoms with E-state index in [9.17, 15) is 0 Å². The van der Waals surface area contributed by atoms with Crippen LogP contribution >= 0.6 is 22.9 Å². The first-order valence-corrected chi connectivity index (χ1v) is 8.16. The van der Waals surface area contributed by atoms with E-state index in [1.54, 1.807) is 18.4 Å². The van der Waals surface area contributed by atoms with Crippen LogP contribution in [0.2, 0.25) is 0 Å². The van der Waals surface area contributed by atoms with Crippen LogP contribution in [0.15, 0.2) is 35.7 Å². The lowest BCUT2D eigenvalue weighted by Crippen LogP contribution is -2.10. The Balaban J connectivity index is 2.21. The van der Waals surface area contributed by atoms with E-state index in [-0.39, 0.29) is 11.4 Å². The molecular formula is C16H17ClN2OS. The zero-order valence-corrected chi connectivity index (χ0v) is 13.8. The quantitative estimate of drug-likeness (QED) is 0.631. The second kappa shape index (κ2) is 5.70. The molecule has 2 aromatic heterocycles.